The molecule has 0 unspecified atom stereocenters. The minimum atomic E-state index is 0.722. The highest BCUT2D eigenvalue weighted by atomic mass is 15.0. The number of hydrogen-bond acceptors (Lipinski definition) is 4. The van der Waals surface area contributed by atoms with Gasteiger partial charge in [-0.1, -0.05) is 45.4 Å². The molecule has 0 saturated heterocycles. The van der Waals surface area contributed by atoms with Crippen LogP contribution in [-0.2, 0) is 0 Å². The average molecular weight is 272 g/mol. The Balaban J connectivity index is 2.88. The van der Waals surface area contributed by atoms with Crippen LogP contribution >= 0.6 is 0 Å². The molecule has 0 aromatic heterocycles. The van der Waals surface area contributed by atoms with Crippen molar-refractivity contribution >= 4 is 0 Å². The first-order valence-electron chi connectivity index (χ1n) is 8.24. The molecule has 0 amide bonds. The van der Waals surface area contributed by atoms with Crippen LogP contribution in [0, 0.1) is 0 Å². The van der Waals surface area contributed by atoms with Gasteiger partial charge in [0.2, 0.25) is 0 Å². The molecule has 0 spiro atoms. The van der Waals surface area contributed by atoms with Gasteiger partial charge in [0.05, 0.1) is 0 Å². The number of unbranched alkanes of at least 4 members (excludes halogenated alkanes) is 6. The van der Waals surface area contributed by atoms with Crippen LogP contribution in [0.4, 0.5) is 0 Å². The molecular formula is C15H36N4. The fourth-order valence-electron chi connectivity index (χ4n) is 2.04. The zero-order valence-electron chi connectivity index (χ0n) is 13.0. The van der Waals surface area contributed by atoms with Crippen molar-refractivity contribution in [1.29, 1.82) is 0 Å². The van der Waals surface area contributed by atoms with Crippen LogP contribution in [-0.4, -0.2) is 45.8 Å². The van der Waals surface area contributed by atoms with E-state index in [1.807, 2.05) is 0 Å². The van der Waals surface area contributed by atoms with Gasteiger partial charge in [0.1, 0.15) is 0 Å². The molecule has 0 aliphatic carbocycles. The van der Waals surface area contributed by atoms with E-state index in [0.717, 1.165) is 39.3 Å². The molecule has 4 heteroatoms. The molecule has 0 rings (SSSR count). The maximum absolute atomic E-state index is 5.39. The molecule has 0 radical (unpaired) electrons. The summed E-state index contributed by atoms with van der Waals surface area (Å²) < 4.78 is 0. The molecule has 0 aliphatic rings. The van der Waals surface area contributed by atoms with Crippen LogP contribution < -0.4 is 21.7 Å². The van der Waals surface area contributed by atoms with Crippen LogP contribution in [0.15, 0.2) is 0 Å². The van der Waals surface area contributed by atoms with E-state index in [1.165, 1.54) is 51.5 Å². The lowest BCUT2D eigenvalue weighted by Gasteiger charge is -2.07. The first-order chi connectivity index (χ1) is 9.41. The summed E-state index contributed by atoms with van der Waals surface area (Å²) in [7, 11) is 0. The summed E-state index contributed by atoms with van der Waals surface area (Å²) in [5.41, 5.74) is 5.39. The van der Waals surface area contributed by atoms with E-state index in [1.54, 1.807) is 0 Å². The van der Waals surface area contributed by atoms with Crippen molar-refractivity contribution in [2.75, 3.05) is 45.8 Å². The molecule has 0 aromatic carbocycles. The highest BCUT2D eigenvalue weighted by Gasteiger charge is 1.91. The molecule has 4 nitrogen and oxygen atoms in total. The monoisotopic (exact) mass is 272 g/mol. The Hall–Kier alpha value is -0.160. The van der Waals surface area contributed by atoms with Gasteiger partial charge in [-0.05, 0) is 13.0 Å². The Bertz CT molecular complexity index is 137. The van der Waals surface area contributed by atoms with Crippen LogP contribution in [0.1, 0.15) is 51.9 Å². The highest BCUT2D eigenvalue weighted by molar-refractivity contribution is 4.55. The molecule has 0 bridgehead atoms. The number of nitrogens with two attached hydrogens (primary N) is 1. The van der Waals surface area contributed by atoms with Crippen molar-refractivity contribution < 1.29 is 0 Å². The van der Waals surface area contributed by atoms with Crippen molar-refractivity contribution in [3.05, 3.63) is 0 Å². The first-order valence-corrected chi connectivity index (χ1v) is 8.24. The molecule has 0 atom stereocenters. The second-order valence-corrected chi connectivity index (χ2v) is 5.16. The third kappa shape index (κ3) is 17.8. The molecule has 19 heavy (non-hydrogen) atoms. The summed E-state index contributed by atoms with van der Waals surface area (Å²) in [5.74, 6) is 0. The molecule has 5 N–H and O–H groups in total. The van der Waals surface area contributed by atoms with Crippen molar-refractivity contribution in [1.82, 2.24) is 16.0 Å². The van der Waals surface area contributed by atoms with Crippen molar-refractivity contribution in [2.45, 2.75) is 51.9 Å². The number of hydrogen-bond donors (Lipinski definition) is 4. The van der Waals surface area contributed by atoms with Crippen LogP contribution in [0.2, 0.25) is 0 Å². The number of rotatable bonds is 16. The Morgan fingerprint density at radius 3 is 1.63 bits per heavy atom. The minimum absolute atomic E-state index is 0.722. The molecular weight excluding hydrogens is 236 g/mol. The second-order valence-electron chi connectivity index (χ2n) is 5.16. The van der Waals surface area contributed by atoms with Crippen LogP contribution in [0.5, 0.6) is 0 Å². The predicted octanol–water partition coefficient (Wildman–Crippen LogP) is 1.46. The second kappa shape index (κ2) is 17.8. The van der Waals surface area contributed by atoms with Crippen molar-refractivity contribution in [3.8, 4) is 0 Å². The van der Waals surface area contributed by atoms with E-state index in [0.29, 0.717) is 0 Å². The van der Waals surface area contributed by atoms with Gasteiger partial charge >= 0.3 is 0 Å². The number of nitrogens with one attached hydrogen (secondary N) is 3. The smallest absolute Gasteiger partial charge is 0.00772 e. The topological polar surface area (TPSA) is 62.1 Å². The zero-order valence-corrected chi connectivity index (χ0v) is 13.0. The van der Waals surface area contributed by atoms with Gasteiger partial charge in [-0.2, -0.15) is 0 Å². The van der Waals surface area contributed by atoms with Gasteiger partial charge in [0.15, 0.2) is 0 Å². The molecule has 0 heterocycles. The van der Waals surface area contributed by atoms with Gasteiger partial charge in [-0.15, -0.1) is 0 Å². The Kier molecular flexibility index (Phi) is 17.7. The maximum Gasteiger partial charge on any atom is 0.00772 e. The van der Waals surface area contributed by atoms with Gasteiger partial charge in [-0.3, -0.25) is 0 Å². The fraction of sp³-hybridized carbons (Fsp3) is 1.00. The lowest BCUT2D eigenvalue weighted by Crippen LogP contribution is -2.34. The third-order valence-electron chi connectivity index (χ3n) is 3.24. The largest absolute Gasteiger partial charge is 0.329 e. The molecule has 116 valence electrons. The summed E-state index contributed by atoms with van der Waals surface area (Å²) in [5, 5.41) is 10.2. The molecule has 0 aromatic rings. The zero-order chi connectivity index (χ0) is 14.0. The van der Waals surface area contributed by atoms with Gasteiger partial charge in [0, 0.05) is 39.3 Å². The third-order valence-corrected chi connectivity index (χ3v) is 3.24. The summed E-state index contributed by atoms with van der Waals surface area (Å²) in [4.78, 5) is 0. The van der Waals surface area contributed by atoms with Crippen molar-refractivity contribution in [3.63, 3.8) is 0 Å². The standard InChI is InChI=1S/C15H36N4/c1-2-3-4-5-6-7-8-10-17-12-14-19-15-13-18-11-9-16/h17-19H,2-16H2,1H3. The highest BCUT2D eigenvalue weighted by Crippen LogP contribution is 2.05. The summed E-state index contributed by atoms with van der Waals surface area (Å²) in [6.07, 6.45) is 9.71. The van der Waals surface area contributed by atoms with E-state index >= 15 is 0 Å². The maximum atomic E-state index is 5.39. The van der Waals surface area contributed by atoms with Gasteiger partial charge < -0.3 is 21.7 Å². The Labute approximate surface area is 120 Å². The lowest BCUT2D eigenvalue weighted by atomic mass is 10.1. The van der Waals surface area contributed by atoms with Crippen molar-refractivity contribution in [2.24, 2.45) is 5.73 Å². The SMILES string of the molecule is CCCCCCCCCNCCNCCNCCN. The average Bonchev–Trinajstić information content (AvgIpc) is 2.43. The predicted molar refractivity (Wildman–Crippen MR) is 85.7 cm³/mol. The quantitative estimate of drug-likeness (QED) is 0.321. The molecule has 0 fully saturated rings. The summed E-state index contributed by atoms with van der Waals surface area (Å²) in [6.45, 7) is 9.24. The van der Waals surface area contributed by atoms with E-state index in [4.69, 9.17) is 5.73 Å². The Morgan fingerprint density at radius 1 is 0.579 bits per heavy atom. The lowest BCUT2D eigenvalue weighted by molar-refractivity contribution is 0.547. The van der Waals surface area contributed by atoms with E-state index in [-0.39, 0.29) is 0 Å². The molecule has 0 aliphatic heterocycles. The Morgan fingerprint density at radius 2 is 1.05 bits per heavy atom. The first kappa shape index (κ1) is 18.8. The summed E-state index contributed by atoms with van der Waals surface area (Å²) in [6, 6.07) is 0. The van der Waals surface area contributed by atoms with Crippen LogP contribution in [0.3, 0.4) is 0 Å². The fourth-order valence-corrected chi connectivity index (χ4v) is 2.04. The summed E-state index contributed by atoms with van der Waals surface area (Å²) >= 11 is 0. The normalized spacial score (nSPS) is 11.1. The van der Waals surface area contributed by atoms with Gasteiger partial charge in [-0.25, -0.2) is 0 Å². The van der Waals surface area contributed by atoms with Crippen LogP contribution in [0.25, 0.3) is 0 Å². The van der Waals surface area contributed by atoms with Gasteiger partial charge in [0.25, 0.3) is 0 Å². The molecule has 0 saturated carbocycles. The van der Waals surface area contributed by atoms with E-state index in [2.05, 4.69) is 22.9 Å². The van der Waals surface area contributed by atoms with E-state index < -0.39 is 0 Å². The van der Waals surface area contributed by atoms with E-state index in [9.17, 15) is 0 Å². The minimum Gasteiger partial charge on any atom is -0.329 e.